The third-order valence-corrected chi connectivity index (χ3v) is 5.67. The summed E-state index contributed by atoms with van der Waals surface area (Å²) in [5.74, 6) is 0.703. The molecule has 0 aromatic carbocycles. The van der Waals surface area contributed by atoms with E-state index >= 15 is 0 Å². The Bertz CT molecular complexity index is 1050. The molecule has 11 heteroatoms. The molecular weight excluding hydrogens is 455 g/mol. The van der Waals surface area contributed by atoms with Crippen molar-refractivity contribution in [1.29, 1.82) is 0 Å². The van der Waals surface area contributed by atoms with Crippen LogP contribution in [-0.2, 0) is 0 Å². The number of nitrogens with zero attached hydrogens (tertiary/aromatic N) is 4. The van der Waals surface area contributed by atoms with Crippen molar-refractivity contribution in [2.24, 2.45) is 0 Å². The van der Waals surface area contributed by atoms with Gasteiger partial charge in [0.1, 0.15) is 35.4 Å². The first-order valence-corrected chi connectivity index (χ1v) is 10.8. The van der Waals surface area contributed by atoms with Crippen LogP contribution in [0.1, 0.15) is 28.6 Å². The standard InChI is InChI=1S/C21H27FN6O2S.ClH/c1-13(22)11-30-20-15(7-5-8-24-20)27-18-16-14(2)17(31-21(16)26-12-25-18)19(29)23-9-6-10-28(3)4;/h5,7-8,12-13H,6,9-11H2,1-4H3,(H,23,29)(H,25,26,27);1H. The molecule has 3 rings (SSSR count). The Morgan fingerprint density at radius 3 is 2.81 bits per heavy atom. The number of amides is 1. The Hall–Kier alpha value is -2.56. The number of pyridine rings is 1. The highest BCUT2D eigenvalue weighted by molar-refractivity contribution is 7.20. The van der Waals surface area contributed by atoms with Gasteiger partial charge >= 0.3 is 0 Å². The minimum atomic E-state index is -1.11. The Morgan fingerprint density at radius 2 is 2.09 bits per heavy atom. The predicted molar refractivity (Wildman–Crippen MR) is 128 cm³/mol. The summed E-state index contributed by atoms with van der Waals surface area (Å²) in [6.45, 7) is 4.71. The maximum Gasteiger partial charge on any atom is 0.261 e. The van der Waals surface area contributed by atoms with Crippen LogP contribution < -0.4 is 15.4 Å². The second-order valence-electron chi connectivity index (χ2n) is 7.44. The van der Waals surface area contributed by atoms with Crippen LogP contribution in [0.2, 0.25) is 0 Å². The lowest BCUT2D eigenvalue weighted by atomic mass is 10.2. The SMILES string of the molecule is Cc1c(C(=O)NCCCN(C)C)sc2ncnc(Nc3cccnc3OCC(C)F)c12.Cl. The second-order valence-corrected chi connectivity index (χ2v) is 8.44. The summed E-state index contributed by atoms with van der Waals surface area (Å²) in [5.41, 5.74) is 1.36. The first-order chi connectivity index (χ1) is 14.9. The maximum atomic E-state index is 13.2. The molecule has 0 saturated carbocycles. The number of carbonyl (C=O) groups is 1. The molecule has 0 bridgehead atoms. The van der Waals surface area contributed by atoms with Gasteiger partial charge in [0.2, 0.25) is 5.88 Å². The molecule has 0 saturated heterocycles. The minimum Gasteiger partial charge on any atom is -0.473 e. The number of fused-ring (bicyclic) bond motifs is 1. The highest BCUT2D eigenvalue weighted by Gasteiger charge is 2.20. The van der Waals surface area contributed by atoms with E-state index < -0.39 is 6.17 Å². The topological polar surface area (TPSA) is 92.3 Å². The van der Waals surface area contributed by atoms with Gasteiger partial charge in [0, 0.05) is 12.7 Å². The smallest absolute Gasteiger partial charge is 0.261 e. The van der Waals surface area contributed by atoms with Gasteiger partial charge in [-0.05, 0) is 58.6 Å². The number of carbonyl (C=O) groups excluding carboxylic acids is 1. The fourth-order valence-corrected chi connectivity index (χ4v) is 4.05. The lowest BCUT2D eigenvalue weighted by molar-refractivity contribution is 0.0956. The molecule has 1 unspecified atom stereocenters. The third-order valence-electron chi connectivity index (χ3n) is 4.47. The zero-order valence-electron chi connectivity index (χ0n) is 18.5. The lowest BCUT2D eigenvalue weighted by Gasteiger charge is -2.12. The molecule has 0 fully saturated rings. The summed E-state index contributed by atoms with van der Waals surface area (Å²) < 4.78 is 18.7. The van der Waals surface area contributed by atoms with Crippen molar-refractivity contribution in [3.05, 3.63) is 35.1 Å². The van der Waals surface area contributed by atoms with Gasteiger partial charge in [0.25, 0.3) is 5.91 Å². The van der Waals surface area contributed by atoms with Crippen LogP contribution in [0.3, 0.4) is 0 Å². The molecule has 3 aromatic heterocycles. The fourth-order valence-electron chi connectivity index (χ4n) is 2.98. The first-order valence-electron chi connectivity index (χ1n) is 10.0. The van der Waals surface area contributed by atoms with Crippen molar-refractivity contribution in [1.82, 2.24) is 25.2 Å². The van der Waals surface area contributed by atoms with Crippen LogP contribution in [0.5, 0.6) is 5.88 Å². The minimum absolute atomic E-state index is 0. The molecule has 0 aliphatic carbocycles. The normalized spacial score (nSPS) is 11.8. The average Bonchev–Trinajstić information content (AvgIpc) is 3.08. The van der Waals surface area contributed by atoms with Crippen LogP contribution in [0.4, 0.5) is 15.9 Å². The van der Waals surface area contributed by atoms with E-state index in [1.165, 1.54) is 24.6 Å². The average molecular weight is 483 g/mol. The van der Waals surface area contributed by atoms with Crippen LogP contribution in [0, 0.1) is 6.92 Å². The quantitative estimate of drug-likeness (QED) is 0.422. The number of ether oxygens (including phenoxy) is 1. The first kappa shape index (κ1) is 25.7. The number of halogens is 2. The van der Waals surface area contributed by atoms with Crippen LogP contribution in [0.15, 0.2) is 24.7 Å². The second kappa shape index (κ2) is 11.9. The number of hydrogen-bond acceptors (Lipinski definition) is 8. The van der Waals surface area contributed by atoms with Gasteiger partial charge < -0.3 is 20.3 Å². The Morgan fingerprint density at radius 1 is 1.31 bits per heavy atom. The molecule has 2 N–H and O–H groups in total. The monoisotopic (exact) mass is 482 g/mol. The van der Waals surface area contributed by atoms with E-state index in [0.717, 1.165) is 23.9 Å². The number of nitrogens with one attached hydrogen (secondary N) is 2. The summed E-state index contributed by atoms with van der Waals surface area (Å²) >= 11 is 1.33. The van der Waals surface area contributed by atoms with Crippen molar-refractivity contribution in [3.63, 3.8) is 0 Å². The van der Waals surface area contributed by atoms with Crippen LogP contribution in [-0.4, -0.2) is 65.7 Å². The summed E-state index contributed by atoms with van der Waals surface area (Å²) in [4.78, 5) is 29.0. The number of anilines is 2. The van der Waals surface area contributed by atoms with Gasteiger partial charge in [-0.3, -0.25) is 4.79 Å². The van der Waals surface area contributed by atoms with Gasteiger partial charge in [-0.2, -0.15) is 0 Å². The van der Waals surface area contributed by atoms with Crippen molar-refractivity contribution < 1.29 is 13.9 Å². The predicted octanol–water partition coefficient (Wildman–Crippen LogP) is 3.98. The molecule has 32 heavy (non-hydrogen) atoms. The van der Waals surface area contributed by atoms with E-state index in [2.05, 4.69) is 30.5 Å². The van der Waals surface area contributed by atoms with Crippen molar-refractivity contribution >= 4 is 51.4 Å². The number of rotatable bonds is 10. The number of alkyl halides is 1. The Labute approximate surface area is 197 Å². The van der Waals surface area contributed by atoms with E-state index in [1.54, 1.807) is 18.3 Å². The molecule has 0 radical (unpaired) electrons. The summed E-state index contributed by atoms with van der Waals surface area (Å²) in [6.07, 6.45) is 2.78. The molecule has 1 atom stereocenters. The largest absolute Gasteiger partial charge is 0.473 e. The third kappa shape index (κ3) is 6.47. The highest BCUT2D eigenvalue weighted by Crippen LogP contribution is 2.35. The molecular formula is C21H28ClFN6O2S. The number of aromatic nitrogens is 3. The fraction of sp³-hybridized carbons (Fsp3) is 0.429. The Kier molecular flexibility index (Phi) is 9.55. The van der Waals surface area contributed by atoms with Crippen molar-refractivity contribution in [2.75, 3.05) is 39.1 Å². The van der Waals surface area contributed by atoms with Gasteiger partial charge in [-0.25, -0.2) is 19.3 Å². The molecule has 0 aliphatic heterocycles. The van der Waals surface area contributed by atoms with Gasteiger partial charge in [-0.15, -0.1) is 23.7 Å². The molecule has 0 aliphatic rings. The van der Waals surface area contributed by atoms with Crippen LogP contribution in [0.25, 0.3) is 10.2 Å². The Balaban J connectivity index is 0.00000363. The lowest BCUT2D eigenvalue weighted by Crippen LogP contribution is -2.26. The zero-order valence-corrected chi connectivity index (χ0v) is 20.1. The number of hydrogen-bond donors (Lipinski definition) is 2. The maximum absolute atomic E-state index is 13.2. The molecule has 3 aromatic rings. The molecule has 8 nitrogen and oxygen atoms in total. The van der Waals surface area contributed by atoms with Crippen molar-refractivity contribution in [2.45, 2.75) is 26.4 Å². The summed E-state index contributed by atoms with van der Waals surface area (Å²) in [7, 11) is 4.00. The van der Waals surface area contributed by atoms with E-state index in [-0.39, 0.29) is 30.8 Å². The number of thiophene rings is 1. The van der Waals surface area contributed by atoms with Gasteiger partial charge in [-0.1, -0.05) is 0 Å². The van der Waals surface area contributed by atoms with E-state index in [4.69, 9.17) is 4.74 Å². The van der Waals surface area contributed by atoms with Gasteiger partial charge in [0.15, 0.2) is 0 Å². The van der Waals surface area contributed by atoms with Crippen molar-refractivity contribution in [3.8, 4) is 5.88 Å². The van der Waals surface area contributed by atoms with Gasteiger partial charge in [0.05, 0.1) is 10.3 Å². The molecule has 174 valence electrons. The molecule has 3 heterocycles. The molecule has 1 amide bonds. The van der Waals surface area contributed by atoms with E-state index in [0.29, 0.717) is 27.8 Å². The zero-order chi connectivity index (χ0) is 22.4. The van der Waals surface area contributed by atoms with E-state index in [1.807, 2.05) is 21.0 Å². The summed E-state index contributed by atoms with van der Waals surface area (Å²) in [6, 6.07) is 3.53. The summed E-state index contributed by atoms with van der Waals surface area (Å²) in [5, 5.41) is 6.94. The highest BCUT2D eigenvalue weighted by atomic mass is 35.5. The van der Waals surface area contributed by atoms with E-state index in [9.17, 15) is 9.18 Å². The van der Waals surface area contributed by atoms with Crippen LogP contribution >= 0.6 is 23.7 Å². The molecule has 0 spiro atoms. The number of aryl methyl sites for hydroxylation is 1.